The number of nitrogens with two attached hydrogens (primary N) is 1. The van der Waals surface area contributed by atoms with Gasteiger partial charge in [0.15, 0.2) is 6.10 Å². The van der Waals surface area contributed by atoms with Gasteiger partial charge in [0.05, 0.1) is 23.6 Å². The van der Waals surface area contributed by atoms with Crippen molar-refractivity contribution in [2.24, 2.45) is 17.6 Å². The van der Waals surface area contributed by atoms with Crippen LogP contribution in [0.25, 0.3) is 0 Å². The number of ketones is 2. The standard InChI is InChI=1S/C32H48N4O8/c1-18-9-10-25(42-7)31(44-32(33)41)21(4)16-20(3)29(39)26(43-8)14-19(2)13-22-28(34-11-12-36(5)6)24(37)17-23(30(22)40)35-27(38)15-18/h9-10,15-17,19-20,25-26,29,31,34,39H,11-14H2,1-8H3,(H2,33,41)(H,35,38)/b10-9-,18-15-,21-16-/t19-,20+,25+,26+,29-,31-/m0/s1. The van der Waals surface area contributed by atoms with Gasteiger partial charge in [-0.2, -0.15) is 0 Å². The Morgan fingerprint density at radius 3 is 2.41 bits per heavy atom. The average molecular weight is 617 g/mol. The third-order valence-corrected chi connectivity index (χ3v) is 7.57. The normalized spacial score (nSPS) is 31.0. The number of hydrogen-bond donors (Lipinski definition) is 4. The van der Waals surface area contributed by atoms with Gasteiger partial charge in [0.1, 0.15) is 6.10 Å². The Labute approximate surface area is 260 Å². The van der Waals surface area contributed by atoms with Crippen LogP contribution in [0.4, 0.5) is 4.79 Å². The van der Waals surface area contributed by atoms with E-state index in [1.165, 1.54) is 20.3 Å². The lowest BCUT2D eigenvalue weighted by atomic mass is 9.85. The first-order valence-corrected chi connectivity index (χ1v) is 14.7. The molecule has 12 nitrogen and oxygen atoms in total. The maximum Gasteiger partial charge on any atom is 0.405 e. The van der Waals surface area contributed by atoms with E-state index in [0.717, 1.165) is 6.08 Å². The van der Waals surface area contributed by atoms with E-state index >= 15 is 0 Å². The molecule has 0 radical (unpaired) electrons. The minimum absolute atomic E-state index is 0.118. The molecule has 2 rings (SSSR count). The highest BCUT2D eigenvalue weighted by Gasteiger charge is 2.33. The van der Waals surface area contributed by atoms with E-state index in [0.29, 0.717) is 30.7 Å². The summed E-state index contributed by atoms with van der Waals surface area (Å²) < 4.78 is 16.6. The molecule has 1 heterocycles. The minimum Gasteiger partial charge on any atom is -0.439 e. The zero-order valence-electron chi connectivity index (χ0n) is 27.0. The number of ether oxygens (including phenoxy) is 3. The van der Waals surface area contributed by atoms with Crippen LogP contribution in [0.5, 0.6) is 0 Å². The van der Waals surface area contributed by atoms with Gasteiger partial charge in [-0.1, -0.05) is 32.1 Å². The summed E-state index contributed by atoms with van der Waals surface area (Å²) in [5.74, 6) is -2.10. The first kappa shape index (κ1) is 36.6. The van der Waals surface area contributed by atoms with Crippen molar-refractivity contribution in [3.05, 3.63) is 58.5 Å². The summed E-state index contributed by atoms with van der Waals surface area (Å²) in [6.07, 6.45) is 3.71. The number of likely N-dealkylation sites (N-methyl/N-ethyl adjacent to an activating group) is 1. The molecule has 5 N–H and O–H groups in total. The Bertz CT molecular complexity index is 1230. The van der Waals surface area contributed by atoms with Gasteiger partial charge in [0.25, 0.3) is 0 Å². The molecule has 2 bridgehead atoms. The number of carbonyl (C=O) groups is 4. The van der Waals surface area contributed by atoms with Gasteiger partial charge in [-0.15, -0.1) is 0 Å². The van der Waals surface area contributed by atoms with Gasteiger partial charge in [-0.25, -0.2) is 4.79 Å². The van der Waals surface area contributed by atoms with Crippen LogP contribution in [0.2, 0.25) is 0 Å². The molecule has 2 amide bonds. The number of nitrogens with one attached hydrogen (secondary N) is 2. The van der Waals surface area contributed by atoms with Crippen LogP contribution >= 0.6 is 0 Å². The molecule has 0 aromatic heterocycles. The third-order valence-electron chi connectivity index (χ3n) is 7.57. The van der Waals surface area contributed by atoms with Crippen LogP contribution in [0.15, 0.2) is 58.5 Å². The highest BCUT2D eigenvalue weighted by molar-refractivity contribution is 6.23. The number of aliphatic hydroxyl groups excluding tert-OH is 1. The average Bonchev–Trinajstić information content (AvgIpc) is 2.94. The second-order valence-corrected chi connectivity index (χ2v) is 11.7. The lowest BCUT2D eigenvalue weighted by Gasteiger charge is -2.30. The van der Waals surface area contributed by atoms with Gasteiger partial charge >= 0.3 is 6.09 Å². The molecule has 6 atom stereocenters. The second-order valence-electron chi connectivity index (χ2n) is 11.7. The van der Waals surface area contributed by atoms with Crippen LogP contribution < -0.4 is 16.4 Å². The van der Waals surface area contributed by atoms with Crippen molar-refractivity contribution >= 4 is 23.6 Å². The van der Waals surface area contributed by atoms with E-state index in [-0.39, 0.29) is 29.3 Å². The van der Waals surface area contributed by atoms with Crippen LogP contribution in [-0.4, -0.2) is 99.4 Å². The highest BCUT2D eigenvalue weighted by Crippen LogP contribution is 2.28. The van der Waals surface area contributed by atoms with Crippen molar-refractivity contribution in [3.63, 3.8) is 0 Å². The monoisotopic (exact) mass is 616 g/mol. The summed E-state index contributed by atoms with van der Waals surface area (Å²) >= 11 is 0. The van der Waals surface area contributed by atoms with E-state index in [1.54, 1.807) is 32.1 Å². The largest absolute Gasteiger partial charge is 0.439 e. The smallest absolute Gasteiger partial charge is 0.405 e. The molecule has 12 heteroatoms. The molecule has 0 saturated heterocycles. The predicted octanol–water partition coefficient (Wildman–Crippen LogP) is 1.91. The SMILES string of the molecule is CO[C@@H]1/C=C\C(C)=C/C(=O)NC2=CC(=O)C(NCCN(C)C)=C(C[C@H](C)C[C@@H](OC)[C@@H](O)[C@H](C)/C=C(/C)[C@@H]1OC(N)=O)C2=O. The Morgan fingerprint density at radius 2 is 1.82 bits per heavy atom. The first-order chi connectivity index (χ1) is 20.7. The number of hydrogen-bond acceptors (Lipinski definition) is 10. The maximum absolute atomic E-state index is 13.7. The van der Waals surface area contributed by atoms with E-state index in [2.05, 4.69) is 10.6 Å². The fraction of sp³-hybridized carbons (Fsp3) is 0.562. The maximum atomic E-state index is 13.7. The molecular formula is C32H48N4O8. The summed E-state index contributed by atoms with van der Waals surface area (Å²) in [6, 6.07) is 0. The van der Waals surface area contributed by atoms with Crippen molar-refractivity contribution in [3.8, 4) is 0 Å². The molecule has 0 aromatic carbocycles. The summed E-state index contributed by atoms with van der Waals surface area (Å²) in [6.45, 7) is 8.21. The topological polar surface area (TPSA) is 170 Å². The van der Waals surface area contributed by atoms with Crippen LogP contribution in [0, 0.1) is 11.8 Å². The molecule has 244 valence electrons. The zero-order chi connectivity index (χ0) is 33.1. The molecule has 2 aliphatic rings. The Morgan fingerprint density at radius 1 is 1.14 bits per heavy atom. The number of aliphatic hydroxyl groups is 1. The number of allylic oxidation sites excluding steroid dienone is 4. The van der Waals surface area contributed by atoms with Gasteiger partial charge in [0, 0.05) is 51.0 Å². The molecule has 0 saturated carbocycles. The number of rotatable bonds is 7. The summed E-state index contributed by atoms with van der Waals surface area (Å²) in [5.41, 5.74) is 6.80. The fourth-order valence-corrected chi connectivity index (χ4v) is 5.25. The summed E-state index contributed by atoms with van der Waals surface area (Å²) in [5, 5.41) is 17.0. The van der Waals surface area contributed by atoms with Crippen LogP contribution in [0.1, 0.15) is 40.5 Å². The molecule has 0 aromatic rings. The molecule has 0 fully saturated rings. The number of carbonyl (C=O) groups excluding carboxylic acids is 4. The van der Waals surface area contributed by atoms with Crippen molar-refractivity contribution in [2.45, 2.75) is 65.0 Å². The summed E-state index contributed by atoms with van der Waals surface area (Å²) in [7, 11) is 6.74. The van der Waals surface area contributed by atoms with Crippen LogP contribution in [-0.2, 0) is 28.6 Å². The Hall–Kier alpha value is -3.58. The van der Waals surface area contributed by atoms with E-state index < -0.39 is 53.9 Å². The fourth-order valence-electron chi connectivity index (χ4n) is 5.25. The quantitative estimate of drug-likeness (QED) is 0.245. The molecule has 44 heavy (non-hydrogen) atoms. The molecule has 0 unspecified atom stereocenters. The predicted molar refractivity (Wildman–Crippen MR) is 166 cm³/mol. The number of nitrogens with zero attached hydrogens (tertiary/aromatic N) is 1. The van der Waals surface area contributed by atoms with E-state index in [4.69, 9.17) is 19.9 Å². The summed E-state index contributed by atoms with van der Waals surface area (Å²) in [4.78, 5) is 53.5. The van der Waals surface area contributed by atoms with Gasteiger partial charge in [-0.05, 0) is 57.8 Å². The molecule has 0 spiro atoms. The molecule has 1 aliphatic carbocycles. The number of fused-ring (bicyclic) bond motifs is 2. The number of amides is 2. The second kappa shape index (κ2) is 17.0. The van der Waals surface area contributed by atoms with Crippen molar-refractivity contribution in [1.29, 1.82) is 0 Å². The Kier molecular flexibility index (Phi) is 14.2. The first-order valence-electron chi connectivity index (χ1n) is 14.7. The van der Waals surface area contributed by atoms with Gasteiger partial charge in [-0.3, -0.25) is 14.4 Å². The van der Waals surface area contributed by atoms with Crippen molar-refractivity contribution in [1.82, 2.24) is 15.5 Å². The number of primary amides is 1. The third kappa shape index (κ3) is 10.5. The van der Waals surface area contributed by atoms with Gasteiger partial charge < -0.3 is 40.6 Å². The van der Waals surface area contributed by atoms with Crippen LogP contribution in [0.3, 0.4) is 0 Å². The van der Waals surface area contributed by atoms with Gasteiger partial charge in [0.2, 0.25) is 17.5 Å². The zero-order valence-corrected chi connectivity index (χ0v) is 27.0. The van der Waals surface area contributed by atoms with Crippen molar-refractivity contribution < 1.29 is 38.5 Å². The molecule has 1 aliphatic heterocycles. The molecular weight excluding hydrogens is 568 g/mol. The lowest BCUT2D eigenvalue weighted by Crippen LogP contribution is -2.38. The lowest BCUT2D eigenvalue weighted by molar-refractivity contribution is -0.119. The highest BCUT2D eigenvalue weighted by atomic mass is 16.6. The Balaban J connectivity index is 2.60. The van der Waals surface area contributed by atoms with E-state index in [1.807, 2.05) is 32.8 Å². The van der Waals surface area contributed by atoms with E-state index in [9.17, 15) is 24.3 Å². The minimum atomic E-state index is -0.997. The number of Topliss-reactive ketones (excluding diaryl/α,β-unsaturated/α-hetero) is 1. The van der Waals surface area contributed by atoms with Crippen molar-refractivity contribution in [2.75, 3.05) is 41.4 Å². The number of methoxy groups -OCH3 is 2.